The smallest absolute Gasteiger partial charge is 0.408 e. The zero-order chi connectivity index (χ0) is 27.2. The Hall–Kier alpha value is -3.87. The molecule has 0 aliphatic heterocycles. The van der Waals surface area contributed by atoms with Gasteiger partial charge in [0.15, 0.2) is 0 Å². The second kappa shape index (κ2) is 11.9. The van der Waals surface area contributed by atoms with Crippen LogP contribution in [0.1, 0.15) is 56.8 Å². The number of aryl methyl sites for hydroxylation is 2. The van der Waals surface area contributed by atoms with Crippen molar-refractivity contribution in [2.24, 2.45) is 0 Å². The molecule has 0 spiro atoms. The van der Waals surface area contributed by atoms with Crippen molar-refractivity contribution < 1.29 is 19.1 Å². The molecule has 0 bridgehead atoms. The number of fused-ring (bicyclic) bond motifs is 1. The van der Waals surface area contributed by atoms with Gasteiger partial charge in [0.2, 0.25) is 5.91 Å². The van der Waals surface area contributed by atoms with Gasteiger partial charge in [-0.1, -0.05) is 55.5 Å². The van der Waals surface area contributed by atoms with Gasteiger partial charge in [0.25, 0.3) is 5.91 Å². The van der Waals surface area contributed by atoms with Crippen molar-refractivity contribution in [3.63, 3.8) is 0 Å². The molecule has 3 aromatic carbocycles. The molecule has 3 amide bonds. The van der Waals surface area contributed by atoms with E-state index >= 15 is 0 Å². The fourth-order valence-corrected chi connectivity index (χ4v) is 4.37. The van der Waals surface area contributed by atoms with Gasteiger partial charge in [-0.25, -0.2) is 4.79 Å². The van der Waals surface area contributed by atoms with Gasteiger partial charge in [0, 0.05) is 12.2 Å². The number of carbonyl (C=O) groups excluding carboxylic acids is 3. The molecule has 0 fully saturated rings. The Labute approximate surface area is 219 Å². The number of nitrogens with one attached hydrogen (secondary N) is 2. The average Bonchev–Trinajstić information content (AvgIpc) is 2.82. The normalized spacial score (nSPS) is 12.1. The van der Waals surface area contributed by atoms with Crippen molar-refractivity contribution in [3.05, 3.63) is 77.4 Å². The maximum Gasteiger partial charge on any atom is 0.408 e. The molecule has 0 saturated carbocycles. The Kier molecular flexibility index (Phi) is 8.92. The number of rotatable bonds is 8. The fourth-order valence-electron chi connectivity index (χ4n) is 4.37. The first-order chi connectivity index (χ1) is 17.5. The molecule has 3 rings (SSSR count). The first kappa shape index (κ1) is 27.7. The van der Waals surface area contributed by atoms with Crippen LogP contribution in [0.25, 0.3) is 10.8 Å². The molecule has 7 heteroatoms. The monoisotopic (exact) mass is 503 g/mol. The lowest BCUT2D eigenvalue weighted by molar-refractivity contribution is -0.138. The first-order valence-corrected chi connectivity index (χ1v) is 12.6. The molecule has 37 heavy (non-hydrogen) atoms. The molecule has 2 N–H and O–H groups in total. The van der Waals surface area contributed by atoms with Crippen LogP contribution in [0.3, 0.4) is 0 Å². The van der Waals surface area contributed by atoms with E-state index in [1.807, 2.05) is 81.4 Å². The van der Waals surface area contributed by atoms with Crippen LogP contribution in [-0.2, 0) is 14.3 Å². The molecule has 0 aromatic heterocycles. The highest BCUT2D eigenvalue weighted by atomic mass is 16.6. The van der Waals surface area contributed by atoms with Gasteiger partial charge >= 0.3 is 6.09 Å². The van der Waals surface area contributed by atoms with Gasteiger partial charge in [-0.2, -0.15) is 0 Å². The zero-order valence-corrected chi connectivity index (χ0v) is 22.6. The summed E-state index contributed by atoms with van der Waals surface area (Å²) in [5, 5.41) is 7.65. The minimum absolute atomic E-state index is 0.278. The lowest BCUT2D eigenvalue weighted by Crippen LogP contribution is -2.47. The first-order valence-electron chi connectivity index (χ1n) is 12.6. The summed E-state index contributed by atoms with van der Waals surface area (Å²) in [6.45, 7) is 11.2. The van der Waals surface area contributed by atoms with Gasteiger partial charge in [-0.3, -0.25) is 9.59 Å². The highest BCUT2D eigenvalue weighted by molar-refractivity contribution is 6.00. The van der Waals surface area contributed by atoms with Gasteiger partial charge in [0.1, 0.15) is 18.2 Å². The third kappa shape index (κ3) is 7.32. The van der Waals surface area contributed by atoms with E-state index in [2.05, 4.69) is 10.6 Å². The predicted octanol–water partition coefficient (Wildman–Crippen LogP) is 5.90. The summed E-state index contributed by atoms with van der Waals surface area (Å²) in [5.41, 5.74) is 2.56. The van der Waals surface area contributed by atoms with Gasteiger partial charge < -0.3 is 20.3 Å². The van der Waals surface area contributed by atoms with Crippen LogP contribution in [0.15, 0.2) is 60.7 Å². The molecular formula is C30H37N3O4. The molecule has 0 aliphatic carbocycles. The summed E-state index contributed by atoms with van der Waals surface area (Å²) in [4.78, 5) is 41.1. The molecule has 0 radical (unpaired) electrons. The van der Waals surface area contributed by atoms with Crippen LogP contribution >= 0.6 is 0 Å². The van der Waals surface area contributed by atoms with E-state index in [-0.39, 0.29) is 18.4 Å². The van der Waals surface area contributed by atoms with E-state index in [0.717, 1.165) is 27.5 Å². The van der Waals surface area contributed by atoms with E-state index in [0.29, 0.717) is 18.7 Å². The second-order valence-electron chi connectivity index (χ2n) is 10.2. The maximum absolute atomic E-state index is 13.9. The molecule has 0 aliphatic rings. The number of hydrogen-bond acceptors (Lipinski definition) is 4. The number of nitrogens with zero attached hydrogens (tertiary/aromatic N) is 1. The Morgan fingerprint density at radius 3 is 2.19 bits per heavy atom. The largest absolute Gasteiger partial charge is 0.444 e. The maximum atomic E-state index is 13.9. The highest BCUT2D eigenvalue weighted by Crippen LogP contribution is 2.30. The SMILES string of the molecule is CCCN(C(=O)CNC(=O)OC(C)(C)C)C(C(=O)Nc1ccc2ccccc2c1)c1c(C)cccc1C. The molecule has 1 atom stereocenters. The highest BCUT2D eigenvalue weighted by Gasteiger charge is 2.33. The molecule has 0 heterocycles. The van der Waals surface area contributed by atoms with Crippen molar-refractivity contribution in [2.75, 3.05) is 18.4 Å². The zero-order valence-electron chi connectivity index (χ0n) is 22.6. The average molecular weight is 504 g/mol. The standard InChI is InChI=1S/C30H37N3O4/c1-7-17-33(25(34)19-31-29(36)37-30(4,5)6)27(26-20(2)11-10-12-21(26)3)28(35)32-24-16-15-22-13-8-9-14-23(22)18-24/h8-16,18,27H,7,17,19H2,1-6H3,(H,31,36)(H,32,35). The third-order valence-corrected chi connectivity index (χ3v) is 5.96. The van der Waals surface area contributed by atoms with Crippen LogP contribution in [0, 0.1) is 13.8 Å². The summed E-state index contributed by atoms with van der Waals surface area (Å²) in [6, 6.07) is 18.6. The predicted molar refractivity (Wildman–Crippen MR) is 147 cm³/mol. The minimum Gasteiger partial charge on any atom is -0.444 e. The summed E-state index contributed by atoms with van der Waals surface area (Å²) in [5.74, 6) is -0.680. The Morgan fingerprint density at radius 2 is 1.57 bits per heavy atom. The van der Waals surface area contributed by atoms with Crippen LogP contribution in [0.4, 0.5) is 10.5 Å². The summed E-state index contributed by atoms with van der Waals surface area (Å²) in [6.07, 6.45) is -0.0374. The Balaban J connectivity index is 1.94. The fraction of sp³-hybridized carbons (Fsp3) is 0.367. The lowest BCUT2D eigenvalue weighted by Gasteiger charge is -2.33. The number of alkyl carbamates (subject to hydrolysis) is 1. The van der Waals surface area contributed by atoms with Crippen LogP contribution < -0.4 is 10.6 Å². The minimum atomic E-state index is -0.874. The molecular weight excluding hydrogens is 466 g/mol. The summed E-state index contributed by atoms with van der Waals surface area (Å²) >= 11 is 0. The van der Waals surface area contributed by atoms with Crippen molar-refractivity contribution in [1.82, 2.24) is 10.2 Å². The number of hydrogen-bond donors (Lipinski definition) is 2. The van der Waals surface area contributed by atoms with Crippen molar-refractivity contribution in [2.45, 2.75) is 59.6 Å². The van der Waals surface area contributed by atoms with E-state index in [1.54, 1.807) is 25.7 Å². The van der Waals surface area contributed by atoms with Gasteiger partial charge in [-0.05, 0) is 80.6 Å². The quantitative estimate of drug-likeness (QED) is 0.401. The Morgan fingerprint density at radius 1 is 0.919 bits per heavy atom. The van der Waals surface area contributed by atoms with E-state index in [1.165, 1.54) is 0 Å². The van der Waals surface area contributed by atoms with E-state index < -0.39 is 17.7 Å². The molecule has 3 aromatic rings. The topological polar surface area (TPSA) is 87.7 Å². The summed E-state index contributed by atoms with van der Waals surface area (Å²) in [7, 11) is 0. The lowest BCUT2D eigenvalue weighted by atomic mass is 9.93. The number of anilines is 1. The third-order valence-electron chi connectivity index (χ3n) is 5.96. The van der Waals surface area contributed by atoms with Crippen molar-refractivity contribution >= 4 is 34.4 Å². The van der Waals surface area contributed by atoms with E-state index in [9.17, 15) is 14.4 Å². The summed E-state index contributed by atoms with van der Waals surface area (Å²) < 4.78 is 5.27. The number of carbonyl (C=O) groups is 3. The van der Waals surface area contributed by atoms with Crippen LogP contribution in [0.2, 0.25) is 0 Å². The Bertz CT molecular complexity index is 1260. The molecule has 7 nitrogen and oxygen atoms in total. The van der Waals surface area contributed by atoms with Crippen LogP contribution in [-0.4, -0.2) is 41.5 Å². The molecule has 0 saturated heterocycles. The van der Waals surface area contributed by atoms with Crippen molar-refractivity contribution in [1.29, 1.82) is 0 Å². The number of amides is 3. The van der Waals surface area contributed by atoms with Gasteiger partial charge in [0.05, 0.1) is 0 Å². The second-order valence-corrected chi connectivity index (χ2v) is 10.2. The van der Waals surface area contributed by atoms with Gasteiger partial charge in [-0.15, -0.1) is 0 Å². The molecule has 1 unspecified atom stereocenters. The number of benzene rings is 3. The number of ether oxygens (including phenoxy) is 1. The van der Waals surface area contributed by atoms with E-state index in [4.69, 9.17) is 4.74 Å². The van der Waals surface area contributed by atoms with Crippen LogP contribution in [0.5, 0.6) is 0 Å². The molecule has 196 valence electrons. The van der Waals surface area contributed by atoms with Crippen molar-refractivity contribution in [3.8, 4) is 0 Å².